The minimum atomic E-state index is 0.0128. The van der Waals surface area contributed by atoms with Crippen LogP contribution in [0.3, 0.4) is 0 Å². The molecule has 0 atom stereocenters. The third-order valence-corrected chi connectivity index (χ3v) is 2.69. The Kier molecular flexibility index (Phi) is 6.37. The lowest BCUT2D eigenvalue weighted by Gasteiger charge is -2.10. The van der Waals surface area contributed by atoms with Gasteiger partial charge in [-0.3, -0.25) is 4.79 Å². The molecule has 1 aromatic rings. The number of hydrazine groups is 1. The first-order chi connectivity index (χ1) is 9.05. The lowest BCUT2D eigenvalue weighted by atomic mass is 10.3. The summed E-state index contributed by atoms with van der Waals surface area (Å²) in [5.74, 6) is 6.52. The summed E-state index contributed by atoms with van der Waals surface area (Å²) in [4.78, 5) is 19.9. The van der Waals surface area contributed by atoms with Gasteiger partial charge >= 0.3 is 0 Å². The zero-order valence-electron chi connectivity index (χ0n) is 11.4. The minimum Gasteiger partial charge on any atom is -0.369 e. The van der Waals surface area contributed by atoms with Crippen LogP contribution >= 0.6 is 11.8 Å². The van der Waals surface area contributed by atoms with Crippen LogP contribution in [0.1, 0.15) is 20.3 Å². The molecule has 1 rings (SSSR count). The maximum Gasteiger partial charge on any atom is 0.221 e. The second-order valence-electron chi connectivity index (χ2n) is 4.17. The van der Waals surface area contributed by atoms with E-state index in [0.29, 0.717) is 29.8 Å². The molecule has 0 aliphatic heterocycles. The third-order valence-electron chi connectivity index (χ3n) is 2.14. The molecule has 7 nitrogen and oxygen atoms in total. The van der Waals surface area contributed by atoms with Crippen molar-refractivity contribution in [2.75, 3.05) is 23.5 Å². The SMILES string of the molecule is CSc1nc(NN)cc(NCCC(=O)NC(C)C)n1. The number of carbonyl (C=O) groups is 1. The van der Waals surface area contributed by atoms with E-state index < -0.39 is 0 Å². The smallest absolute Gasteiger partial charge is 0.221 e. The van der Waals surface area contributed by atoms with Crippen LogP contribution in [0, 0.1) is 0 Å². The second kappa shape index (κ2) is 7.80. The first-order valence-electron chi connectivity index (χ1n) is 5.98. The Balaban J connectivity index is 2.50. The summed E-state index contributed by atoms with van der Waals surface area (Å²) in [7, 11) is 0. The monoisotopic (exact) mass is 284 g/mol. The number of carbonyl (C=O) groups excluding carboxylic acids is 1. The Morgan fingerprint density at radius 2 is 2.11 bits per heavy atom. The van der Waals surface area contributed by atoms with Gasteiger partial charge in [0.2, 0.25) is 5.91 Å². The summed E-state index contributed by atoms with van der Waals surface area (Å²) in [6.45, 7) is 4.37. The fourth-order valence-electron chi connectivity index (χ4n) is 1.38. The predicted octanol–water partition coefficient (Wildman–Crippen LogP) is 0.811. The Hall–Kier alpha value is -1.54. The molecule has 0 saturated heterocycles. The number of thioether (sulfide) groups is 1. The first kappa shape index (κ1) is 15.5. The maximum atomic E-state index is 11.5. The Morgan fingerprint density at radius 1 is 1.42 bits per heavy atom. The number of nitrogen functional groups attached to an aromatic ring is 1. The van der Waals surface area contributed by atoms with Crippen molar-refractivity contribution in [3.63, 3.8) is 0 Å². The number of rotatable bonds is 7. The number of amides is 1. The van der Waals surface area contributed by atoms with Crippen LogP contribution in [-0.2, 0) is 4.79 Å². The molecule has 1 amide bonds. The van der Waals surface area contributed by atoms with E-state index in [4.69, 9.17) is 5.84 Å². The van der Waals surface area contributed by atoms with Crippen molar-refractivity contribution in [2.24, 2.45) is 5.84 Å². The van der Waals surface area contributed by atoms with Gasteiger partial charge < -0.3 is 16.1 Å². The molecule has 0 aliphatic rings. The molecule has 0 radical (unpaired) electrons. The van der Waals surface area contributed by atoms with Crippen LogP contribution in [-0.4, -0.2) is 34.7 Å². The highest BCUT2D eigenvalue weighted by Gasteiger charge is 2.05. The van der Waals surface area contributed by atoms with Gasteiger partial charge in [-0.15, -0.1) is 0 Å². The van der Waals surface area contributed by atoms with Gasteiger partial charge in [0.1, 0.15) is 11.6 Å². The van der Waals surface area contributed by atoms with Gasteiger partial charge in [-0.1, -0.05) is 11.8 Å². The van der Waals surface area contributed by atoms with Gasteiger partial charge in [-0.2, -0.15) is 0 Å². The number of anilines is 2. The summed E-state index contributed by atoms with van der Waals surface area (Å²) >= 11 is 1.42. The molecule has 8 heteroatoms. The highest BCUT2D eigenvalue weighted by molar-refractivity contribution is 7.98. The third kappa shape index (κ3) is 5.75. The minimum absolute atomic E-state index is 0.0128. The maximum absolute atomic E-state index is 11.5. The zero-order valence-corrected chi connectivity index (χ0v) is 12.2. The van der Waals surface area contributed by atoms with Crippen LogP contribution in [0.2, 0.25) is 0 Å². The summed E-state index contributed by atoms with van der Waals surface area (Å²) in [6, 6.07) is 1.85. The lowest BCUT2D eigenvalue weighted by Crippen LogP contribution is -2.31. The summed E-state index contributed by atoms with van der Waals surface area (Å²) in [6.07, 6.45) is 2.28. The van der Waals surface area contributed by atoms with E-state index in [9.17, 15) is 4.79 Å². The Morgan fingerprint density at radius 3 is 2.68 bits per heavy atom. The van der Waals surface area contributed by atoms with Gasteiger partial charge in [-0.05, 0) is 20.1 Å². The average molecular weight is 284 g/mol. The van der Waals surface area contributed by atoms with E-state index in [0.717, 1.165) is 0 Å². The van der Waals surface area contributed by atoms with Crippen molar-refractivity contribution in [2.45, 2.75) is 31.5 Å². The summed E-state index contributed by atoms with van der Waals surface area (Å²) in [5, 5.41) is 6.52. The first-order valence-corrected chi connectivity index (χ1v) is 7.20. The van der Waals surface area contributed by atoms with Crippen LogP contribution in [0.15, 0.2) is 11.2 Å². The molecule has 0 fully saturated rings. The number of hydrogen-bond donors (Lipinski definition) is 4. The second-order valence-corrected chi connectivity index (χ2v) is 4.94. The normalized spacial score (nSPS) is 10.4. The van der Waals surface area contributed by atoms with Gasteiger partial charge in [0.05, 0.1) is 0 Å². The molecule has 0 aliphatic carbocycles. The fraction of sp³-hybridized carbons (Fsp3) is 0.545. The van der Waals surface area contributed by atoms with Crippen molar-refractivity contribution < 1.29 is 4.79 Å². The average Bonchev–Trinajstić information content (AvgIpc) is 2.37. The van der Waals surface area contributed by atoms with Crippen molar-refractivity contribution in [3.8, 4) is 0 Å². The highest BCUT2D eigenvalue weighted by Crippen LogP contribution is 2.16. The van der Waals surface area contributed by atoms with Crippen LogP contribution < -0.4 is 21.9 Å². The number of nitrogens with one attached hydrogen (secondary N) is 3. The number of aromatic nitrogens is 2. The number of hydrogen-bond acceptors (Lipinski definition) is 7. The van der Waals surface area contributed by atoms with E-state index in [1.807, 2.05) is 20.1 Å². The molecule has 19 heavy (non-hydrogen) atoms. The highest BCUT2D eigenvalue weighted by atomic mass is 32.2. The van der Waals surface area contributed by atoms with Crippen molar-refractivity contribution in [3.05, 3.63) is 6.07 Å². The molecular formula is C11H20N6OS. The zero-order chi connectivity index (χ0) is 14.3. The lowest BCUT2D eigenvalue weighted by molar-refractivity contribution is -0.121. The topological polar surface area (TPSA) is 105 Å². The molecule has 106 valence electrons. The Bertz CT molecular complexity index is 403. The number of nitrogens with two attached hydrogens (primary N) is 1. The van der Waals surface area contributed by atoms with Gasteiger partial charge in [0.25, 0.3) is 0 Å². The van der Waals surface area contributed by atoms with Crippen LogP contribution in [0.5, 0.6) is 0 Å². The quantitative estimate of drug-likeness (QED) is 0.254. The molecule has 5 N–H and O–H groups in total. The van der Waals surface area contributed by atoms with Crippen LogP contribution in [0.25, 0.3) is 0 Å². The van der Waals surface area contributed by atoms with Crippen molar-refractivity contribution in [1.29, 1.82) is 0 Å². The molecule has 0 aromatic carbocycles. The molecule has 1 heterocycles. The van der Waals surface area contributed by atoms with Gasteiger partial charge in [-0.25, -0.2) is 15.8 Å². The molecule has 0 bridgehead atoms. The van der Waals surface area contributed by atoms with Crippen LogP contribution in [0.4, 0.5) is 11.6 Å². The molecule has 0 saturated carbocycles. The van der Waals surface area contributed by atoms with Gasteiger partial charge in [0, 0.05) is 25.1 Å². The van der Waals surface area contributed by atoms with Crippen molar-refractivity contribution >= 4 is 29.3 Å². The van der Waals surface area contributed by atoms with E-state index in [-0.39, 0.29) is 11.9 Å². The summed E-state index contributed by atoms with van der Waals surface area (Å²) < 4.78 is 0. The Labute approximate surface area is 117 Å². The van der Waals surface area contributed by atoms with E-state index in [1.54, 1.807) is 6.07 Å². The molecule has 0 spiro atoms. The standard InChI is InChI=1S/C11H20N6OS/c1-7(2)14-10(18)4-5-13-8-6-9(17-12)16-11(15-8)19-3/h6-7H,4-5,12H2,1-3H3,(H,14,18)(H2,13,15,16,17). The van der Waals surface area contributed by atoms with E-state index in [1.165, 1.54) is 11.8 Å². The summed E-state index contributed by atoms with van der Waals surface area (Å²) in [5.41, 5.74) is 2.48. The molecule has 0 unspecified atom stereocenters. The van der Waals surface area contributed by atoms with E-state index in [2.05, 4.69) is 26.0 Å². The van der Waals surface area contributed by atoms with Crippen molar-refractivity contribution in [1.82, 2.24) is 15.3 Å². The number of nitrogens with zero attached hydrogens (tertiary/aromatic N) is 2. The largest absolute Gasteiger partial charge is 0.369 e. The fourth-order valence-corrected chi connectivity index (χ4v) is 1.76. The van der Waals surface area contributed by atoms with E-state index >= 15 is 0 Å². The molecular weight excluding hydrogens is 264 g/mol. The van der Waals surface area contributed by atoms with Gasteiger partial charge in [0.15, 0.2) is 5.16 Å². The predicted molar refractivity (Wildman–Crippen MR) is 78.0 cm³/mol. The molecule has 1 aromatic heterocycles.